The fourth-order valence-electron chi connectivity index (χ4n) is 1.24. The Morgan fingerprint density at radius 3 is 2.80 bits per heavy atom. The van der Waals surface area contributed by atoms with E-state index in [4.69, 9.17) is 0 Å². The van der Waals surface area contributed by atoms with Crippen molar-refractivity contribution in [3.8, 4) is 0 Å². The molecule has 0 saturated carbocycles. The van der Waals surface area contributed by atoms with E-state index in [0.29, 0.717) is 0 Å². The van der Waals surface area contributed by atoms with Gasteiger partial charge in [0, 0.05) is 10.5 Å². The zero-order valence-electron chi connectivity index (χ0n) is 8.79. The number of carbonyl (C=O) groups excluding carboxylic acids is 1. The molecule has 0 aliphatic heterocycles. The SMILES string of the molecule is COC(=O)CNC(C)c1ccccc1Br. The second kappa shape index (κ2) is 5.88. The first-order chi connectivity index (χ1) is 7.15. The summed E-state index contributed by atoms with van der Waals surface area (Å²) >= 11 is 3.46. The normalized spacial score (nSPS) is 12.2. The van der Waals surface area contributed by atoms with Gasteiger partial charge >= 0.3 is 5.97 Å². The summed E-state index contributed by atoms with van der Waals surface area (Å²) in [6.07, 6.45) is 0. The monoisotopic (exact) mass is 271 g/mol. The van der Waals surface area contributed by atoms with Crippen molar-refractivity contribution in [3.63, 3.8) is 0 Å². The van der Waals surface area contributed by atoms with Gasteiger partial charge in [0.05, 0.1) is 13.7 Å². The van der Waals surface area contributed by atoms with Crippen LogP contribution < -0.4 is 5.32 Å². The lowest BCUT2D eigenvalue weighted by molar-refractivity contribution is -0.139. The summed E-state index contributed by atoms with van der Waals surface area (Å²) < 4.78 is 5.59. The Morgan fingerprint density at radius 1 is 1.53 bits per heavy atom. The van der Waals surface area contributed by atoms with Gasteiger partial charge < -0.3 is 10.1 Å². The summed E-state index contributed by atoms with van der Waals surface area (Å²) in [5.41, 5.74) is 1.13. The number of benzene rings is 1. The van der Waals surface area contributed by atoms with Crippen LogP contribution in [-0.2, 0) is 9.53 Å². The molecule has 4 heteroatoms. The predicted molar refractivity (Wildman–Crippen MR) is 62.6 cm³/mol. The molecule has 1 N–H and O–H groups in total. The molecule has 1 rings (SSSR count). The van der Waals surface area contributed by atoms with Gasteiger partial charge in [-0.15, -0.1) is 0 Å². The van der Waals surface area contributed by atoms with Crippen LogP contribution in [0.15, 0.2) is 28.7 Å². The molecule has 0 aromatic heterocycles. The Morgan fingerprint density at radius 2 is 2.20 bits per heavy atom. The quantitative estimate of drug-likeness (QED) is 0.854. The molecule has 1 unspecified atom stereocenters. The van der Waals surface area contributed by atoms with Crippen molar-refractivity contribution < 1.29 is 9.53 Å². The Labute approximate surface area is 97.9 Å². The maximum Gasteiger partial charge on any atom is 0.319 e. The van der Waals surface area contributed by atoms with E-state index in [9.17, 15) is 4.79 Å². The smallest absolute Gasteiger partial charge is 0.319 e. The number of halogens is 1. The molecule has 0 saturated heterocycles. The van der Waals surface area contributed by atoms with E-state index >= 15 is 0 Å². The number of methoxy groups -OCH3 is 1. The molecule has 1 aromatic rings. The van der Waals surface area contributed by atoms with E-state index in [1.54, 1.807) is 0 Å². The molecule has 0 aliphatic rings. The van der Waals surface area contributed by atoms with Crippen LogP contribution in [0.25, 0.3) is 0 Å². The standard InChI is InChI=1S/C11H14BrNO2/c1-8(13-7-11(14)15-2)9-5-3-4-6-10(9)12/h3-6,8,13H,7H2,1-2H3. The highest BCUT2D eigenvalue weighted by molar-refractivity contribution is 9.10. The summed E-state index contributed by atoms with van der Waals surface area (Å²) in [4.78, 5) is 10.9. The van der Waals surface area contributed by atoms with Crippen molar-refractivity contribution in [2.24, 2.45) is 0 Å². The van der Waals surface area contributed by atoms with E-state index in [1.165, 1.54) is 7.11 Å². The summed E-state index contributed by atoms with van der Waals surface area (Å²) in [6, 6.07) is 8.03. The van der Waals surface area contributed by atoms with Crippen LogP contribution in [-0.4, -0.2) is 19.6 Å². The van der Waals surface area contributed by atoms with Crippen molar-refractivity contribution in [1.82, 2.24) is 5.32 Å². The molecule has 1 atom stereocenters. The third-order valence-corrected chi connectivity index (χ3v) is 2.87. The highest BCUT2D eigenvalue weighted by Gasteiger charge is 2.09. The average molecular weight is 272 g/mol. The molecule has 0 heterocycles. The van der Waals surface area contributed by atoms with Gasteiger partial charge in [-0.1, -0.05) is 34.1 Å². The van der Waals surface area contributed by atoms with Gasteiger partial charge in [0.1, 0.15) is 0 Å². The lowest BCUT2D eigenvalue weighted by Gasteiger charge is -2.14. The topological polar surface area (TPSA) is 38.3 Å². The highest BCUT2D eigenvalue weighted by atomic mass is 79.9. The van der Waals surface area contributed by atoms with Gasteiger partial charge in [0.2, 0.25) is 0 Å². The molecule has 3 nitrogen and oxygen atoms in total. The second-order valence-electron chi connectivity index (χ2n) is 3.20. The third kappa shape index (κ3) is 3.64. The predicted octanol–water partition coefficient (Wildman–Crippen LogP) is 2.27. The molecule has 0 amide bonds. The average Bonchev–Trinajstić information content (AvgIpc) is 2.26. The molecule has 1 aromatic carbocycles. The largest absolute Gasteiger partial charge is 0.468 e. The number of nitrogens with one attached hydrogen (secondary N) is 1. The third-order valence-electron chi connectivity index (χ3n) is 2.15. The van der Waals surface area contributed by atoms with E-state index in [0.717, 1.165) is 10.0 Å². The van der Waals surface area contributed by atoms with Crippen LogP contribution in [0.5, 0.6) is 0 Å². The van der Waals surface area contributed by atoms with Gasteiger partial charge in [-0.2, -0.15) is 0 Å². The van der Waals surface area contributed by atoms with Gasteiger partial charge in [-0.05, 0) is 18.6 Å². The molecule has 82 valence electrons. The Hall–Kier alpha value is -0.870. The molecular weight excluding hydrogens is 258 g/mol. The summed E-state index contributed by atoms with van der Waals surface area (Å²) in [7, 11) is 1.38. The maximum atomic E-state index is 10.9. The van der Waals surface area contributed by atoms with Crippen molar-refractivity contribution in [3.05, 3.63) is 34.3 Å². The van der Waals surface area contributed by atoms with Crippen LogP contribution in [0.1, 0.15) is 18.5 Å². The molecule has 0 aliphatic carbocycles. The number of hydrogen-bond donors (Lipinski definition) is 1. The summed E-state index contributed by atoms with van der Waals surface area (Å²) in [6.45, 7) is 2.22. The van der Waals surface area contributed by atoms with E-state index in [2.05, 4.69) is 26.0 Å². The van der Waals surface area contributed by atoms with Crippen LogP contribution in [0.2, 0.25) is 0 Å². The van der Waals surface area contributed by atoms with Crippen molar-refractivity contribution in [1.29, 1.82) is 0 Å². The summed E-state index contributed by atoms with van der Waals surface area (Å²) in [5, 5.41) is 3.09. The van der Waals surface area contributed by atoms with Crippen molar-refractivity contribution >= 4 is 21.9 Å². The minimum absolute atomic E-state index is 0.111. The lowest BCUT2D eigenvalue weighted by atomic mass is 10.1. The van der Waals surface area contributed by atoms with Crippen LogP contribution >= 0.6 is 15.9 Å². The van der Waals surface area contributed by atoms with Crippen LogP contribution in [0, 0.1) is 0 Å². The van der Waals surface area contributed by atoms with Gasteiger partial charge in [0.25, 0.3) is 0 Å². The fourth-order valence-corrected chi connectivity index (χ4v) is 1.87. The number of rotatable bonds is 4. The number of esters is 1. The Kier molecular flexibility index (Phi) is 4.78. The van der Waals surface area contributed by atoms with Crippen LogP contribution in [0.4, 0.5) is 0 Å². The molecule has 0 bridgehead atoms. The zero-order chi connectivity index (χ0) is 11.3. The molecular formula is C11H14BrNO2. The Balaban J connectivity index is 2.57. The van der Waals surface area contributed by atoms with Crippen molar-refractivity contribution in [2.45, 2.75) is 13.0 Å². The molecule has 0 radical (unpaired) electrons. The van der Waals surface area contributed by atoms with Gasteiger partial charge in [0.15, 0.2) is 0 Å². The molecule has 15 heavy (non-hydrogen) atoms. The Bertz CT molecular complexity index is 341. The molecule has 0 fully saturated rings. The van der Waals surface area contributed by atoms with Gasteiger partial charge in [-0.3, -0.25) is 4.79 Å². The number of hydrogen-bond acceptors (Lipinski definition) is 3. The second-order valence-corrected chi connectivity index (χ2v) is 4.05. The minimum atomic E-state index is -0.256. The minimum Gasteiger partial charge on any atom is -0.468 e. The lowest BCUT2D eigenvalue weighted by Crippen LogP contribution is -2.26. The zero-order valence-corrected chi connectivity index (χ0v) is 10.4. The van der Waals surface area contributed by atoms with Crippen LogP contribution in [0.3, 0.4) is 0 Å². The number of carbonyl (C=O) groups is 1. The maximum absolute atomic E-state index is 10.9. The number of ether oxygens (including phenoxy) is 1. The van der Waals surface area contributed by atoms with E-state index in [1.807, 2.05) is 31.2 Å². The van der Waals surface area contributed by atoms with Crippen molar-refractivity contribution in [2.75, 3.05) is 13.7 Å². The molecule has 0 spiro atoms. The van der Waals surface area contributed by atoms with Gasteiger partial charge in [-0.25, -0.2) is 0 Å². The first-order valence-corrected chi connectivity index (χ1v) is 5.49. The fraction of sp³-hybridized carbons (Fsp3) is 0.364. The summed E-state index contributed by atoms with van der Waals surface area (Å²) in [5.74, 6) is -0.256. The highest BCUT2D eigenvalue weighted by Crippen LogP contribution is 2.22. The van der Waals surface area contributed by atoms with E-state index < -0.39 is 0 Å². The first kappa shape index (κ1) is 12.2. The van der Waals surface area contributed by atoms with E-state index in [-0.39, 0.29) is 18.6 Å². The first-order valence-electron chi connectivity index (χ1n) is 4.69.